The summed E-state index contributed by atoms with van der Waals surface area (Å²) in [6.45, 7) is 2.64. The molecule has 5 N–H and O–H groups in total. The smallest absolute Gasteiger partial charge is 0.341 e. The zero-order valence-corrected chi connectivity index (χ0v) is 18.5. The summed E-state index contributed by atoms with van der Waals surface area (Å²) < 4.78 is 31.2. The molecule has 0 amide bonds. The number of aromatic nitrogens is 2. The Balaban J connectivity index is 1.63. The highest BCUT2D eigenvalue weighted by Gasteiger charge is 2.41. The molecule has 0 radical (unpaired) electrons. The van der Waals surface area contributed by atoms with Crippen LogP contribution in [-0.2, 0) is 0 Å². The summed E-state index contributed by atoms with van der Waals surface area (Å²) >= 11 is 0. The minimum atomic E-state index is -1.47. The first kappa shape index (κ1) is 22.3. The maximum absolute atomic E-state index is 15.7. The van der Waals surface area contributed by atoms with E-state index in [-0.39, 0.29) is 35.0 Å². The molecule has 34 heavy (non-hydrogen) atoms. The summed E-state index contributed by atoms with van der Waals surface area (Å²) in [4.78, 5) is 30.5. The molecular weight excluding hydrogens is 444 g/mol. The van der Waals surface area contributed by atoms with Gasteiger partial charge in [0.15, 0.2) is 5.82 Å². The molecule has 4 atom stereocenters. The van der Waals surface area contributed by atoms with E-state index in [1.807, 2.05) is 17.0 Å². The van der Waals surface area contributed by atoms with Gasteiger partial charge in [-0.15, -0.1) is 0 Å². The predicted octanol–water partition coefficient (Wildman–Crippen LogP) is 2.93. The average molecular weight is 469 g/mol. The molecule has 1 aliphatic carbocycles. The number of nitrogens with zero attached hydrogens (tertiary/aromatic N) is 3. The summed E-state index contributed by atoms with van der Waals surface area (Å²) in [5.41, 5.74) is 12.5. The maximum Gasteiger partial charge on any atom is 0.341 e. The first-order chi connectivity index (χ1) is 16.2. The second-order valence-corrected chi connectivity index (χ2v) is 9.14. The summed E-state index contributed by atoms with van der Waals surface area (Å²) in [6, 6.07) is 2.82. The number of anilines is 2. The van der Waals surface area contributed by atoms with Gasteiger partial charge in [-0.2, -0.15) is 0 Å². The number of hydrogen-bond donors (Lipinski definition) is 3. The van der Waals surface area contributed by atoms with Crippen LogP contribution in [0.2, 0.25) is 0 Å². The van der Waals surface area contributed by atoms with E-state index in [0.717, 1.165) is 11.8 Å². The van der Waals surface area contributed by atoms with Gasteiger partial charge in [-0.1, -0.05) is 6.07 Å². The number of carbonyl (C=O) groups is 1. The van der Waals surface area contributed by atoms with Crippen molar-refractivity contribution in [3.05, 3.63) is 63.5 Å². The van der Waals surface area contributed by atoms with E-state index in [2.05, 4.69) is 4.98 Å². The van der Waals surface area contributed by atoms with Gasteiger partial charge in [-0.3, -0.25) is 9.78 Å². The number of aryl methyl sites for hydroxylation is 1. The molecule has 5 rings (SSSR count). The summed E-state index contributed by atoms with van der Waals surface area (Å²) in [7, 11) is 0. The first-order valence-corrected chi connectivity index (χ1v) is 11.1. The third kappa shape index (κ3) is 3.40. The average Bonchev–Trinajstić information content (AvgIpc) is 3.35. The molecule has 1 saturated heterocycles. The topological polar surface area (TPSA) is 127 Å². The number of aromatic carboxylic acids is 1. The Morgan fingerprint density at radius 2 is 2.12 bits per heavy atom. The van der Waals surface area contributed by atoms with Crippen molar-refractivity contribution in [3.63, 3.8) is 0 Å². The van der Waals surface area contributed by atoms with Crippen LogP contribution in [0.1, 0.15) is 46.4 Å². The Labute approximate surface area is 193 Å². The van der Waals surface area contributed by atoms with E-state index < -0.39 is 40.7 Å². The predicted molar refractivity (Wildman–Crippen MR) is 124 cm³/mol. The standard InChI is InChI=1S/C24H25F2N5O3/c1-11-21-17(23(32)14(24(33)34)10-31(21)16-7-15(16)25)20(28)18(26)22(11)30-6-4-13(9-30)19(27)12-3-2-5-29-8-12/h2-3,5,8,10,13,15-16,19H,4,6-7,9,27-28H2,1H3,(H,33,34)/t13-,15+,16-,19?/m1/s1. The third-order valence-corrected chi connectivity index (χ3v) is 7.05. The number of hydrogen-bond acceptors (Lipinski definition) is 6. The number of carboxylic acid groups (broad SMARTS) is 1. The van der Waals surface area contributed by atoms with Crippen LogP contribution in [0.3, 0.4) is 0 Å². The fourth-order valence-electron chi connectivity index (χ4n) is 5.14. The first-order valence-electron chi connectivity index (χ1n) is 11.1. The molecule has 1 saturated carbocycles. The van der Waals surface area contributed by atoms with Crippen LogP contribution in [0.15, 0.2) is 35.5 Å². The molecule has 3 aromatic rings. The van der Waals surface area contributed by atoms with Crippen molar-refractivity contribution in [1.82, 2.24) is 9.55 Å². The van der Waals surface area contributed by atoms with Gasteiger partial charge in [0.05, 0.1) is 28.3 Å². The van der Waals surface area contributed by atoms with Crippen LogP contribution >= 0.6 is 0 Å². The second kappa shape index (κ2) is 8.05. The molecule has 8 nitrogen and oxygen atoms in total. The highest BCUT2D eigenvalue weighted by molar-refractivity contribution is 6.01. The minimum absolute atomic E-state index is 0.0372. The molecule has 1 aromatic carbocycles. The van der Waals surface area contributed by atoms with Gasteiger partial charge in [-0.05, 0) is 36.5 Å². The van der Waals surface area contributed by atoms with E-state index in [1.165, 1.54) is 4.57 Å². The molecule has 0 spiro atoms. The summed E-state index contributed by atoms with van der Waals surface area (Å²) in [5, 5.41) is 9.26. The minimum Gasteiger partial charge on any atom is -0.477 e. The second-order valence-electron chi connectivity index (χ2n) is 9.14. The Morgan fingerprint density at radius 1 is 1.38 bits per heavy atom. The fraction of sp³-hybridized carbons (Fsp3) is 0.375. The third-order valence-electron chi connectivity index (χ3n) is 7.05. The molecule has 2 aromatic heterocycles. The monoisotopic (exact) mass is 469 g/mol. The number of nitrogen functional groups attached to an aromatic ring is 1. The van der Waals surface area contributed by atoms with Gasteiger partial charge < -0.3 is 26.0 Å². The van der Waals surface area contributed by atoms with E-state index in [1.54, 1.807) is 19.3 Å². The van der Waals surface area contributed by atoms with Gasteiger partial charge in [0.25, 0.3) is 0 Å². The number of carboxylic acids is 1. The lowest BCUT2D eigenvalue weighted by molar-refractivity contribution is 0.0694. The SMILES string of the molecule is Cc1c(N2CC[C@@H](C(N)c3cccnc3)C2)c(F)c(N)c2c(=O)c(C(=O)O)cn([C@@H]3C[C@@H]3F)c12. The van der Waals surface area contributed by atoms with Crippen molar-refractivity contribution in [3.8, 4) is 0 Å². The zero-order valence-electron chi connectivity index (χ0n) is 18.5. The lowest BCUT2D eigenvalue weighted by atomic mass is 9.94. The molecule has 1 aliphatic heterocycles. The van der Waals surface area contributed by atoms with Crippen LogP contribution in [0.4, 0.5) is 20.2 Å². The number of nitrogens with two attached hydrogens (primary N) is 2. The van der Waals surface area contributed by atoms with Crippen molar-refractivity contribution in [2.24, 2.45) is 11.7 Å². The van der Waals surface area contributed by atoms with Crippen molar-refractivity contribution in [2.75, 3.05) is 23.7 Å². The van der Waals surface area contributed by atoms with E-state index in [9.17, 15) is 19.1 Å². The Hall–Kier alpha value is -3.53. The number of pyridine rings is 2. The van der Waals surface area contributed by atoms with Crippen molar-refractivity contribution < 1.29 is 18.7 Å². The van der Waals surface area contributed by atoms with Crippen LogP contribution in [0.25, 0.3) is 10.9 Å². The number of fused-ring (bicyclic) bond motifs is 1. The van der Waals surface area contributed by atoms with E-state index in [4.69, 9.17) is 11.5 Å². The normalized spacial score (nSPS) is 22.8. The Morgan fingerprint density at radius 3 is 2.74 bits per heavy atom. The molecule has 1 unspecified atom stereocenters. The molecule has 2 aliphatic rings. The maximum atomic E-state index is 15.7. The van der Waals surface area contributed by atoms with Crippen LogP contribution < -0.4 is 21.8 Å². The Bertz CT molecular complexity index is 1360. The van der Waals surface area contributed by atoms with Gasteiger partial charge in [-0.25, -0.2) is 13.6 Å². The van der Waals surface area contributed by atoms with Crippen LogP contribution in [0.5, 0.6) is 0 Å². The quantitative estimate of drug-likeness (QED) is 0.490. The van der Waals surface area contributed by atoms with Crippen molar-refractivity contribution >= 4 is 28.2 Å². The van der Waals surface area contributed by atoms with Crippen LogP contribution in [-0.4, -0.2) is 39.9 Å². The van der Waals surface area contributed by atoms with Gasteiger partial charge in [0.2, 0.25) is 5.43 Å². The molecule has 2 fully saturated rings. The highest BCUT2D eigenvalue weighted by Crippen LogP contribution is 2.45. The van der Waals surface area contributed by atoms with Gasteiger partial charge in [0, 0.05) is 44.1 Å². The highest BCUT2D eigenvalue weighted by atomic mass is 19.1. The lowest BCUT2D eigenvalue weighted by Gasteiger charge is -2.26. The molecular formula is C24H25F2N5O3. The summed E-state index contributed by atoms with van der Waals surface area (Å²) in [5.74, 6) is -2.21. The van der Waals surface area contributed by atoms with E-state index in [0.29, 0.717) is 25.1 Å². The zero-order chi connectivity index (χ0) is 24.3. The van der Waals surface area contributed by atoms with Crippen molar-refractivity contribution in [1.29, 1.82) is 0 Å². The number of halogens is 2. The number of alkyl halides is 1. The van der Waals surface area contributed by atoms with E-state index >= 15 is 4.39 Å². The molecule has 0 bridgehead atoms. The molecule has 10 heteroatoms. The fourth-order valence-corrected chi connectivity index (χ4v) is 5.14. The largest absolute Gasteiger partial charge is 0.477 e. The van der Waals surface area contributed by atoms with Crippen molar-refractivity contribution in [2.45, 2.75) is 38.0 Å². The van der Waals surface area contributed by atoms with Gasteiger partial charge in [0.1, 0.15) is 11.7 Å². The Kier molecular flexibility index (Phi) is 5.27. The molecule has 178 valence electrons. The summed E-state index contributed by atoms with van der Waals surface area (Å²) in [6.07, 6.45) is 4.27. The molecule has 3 heterocycles. The lowest BCUT2D eigenvalue weighted by Crippen LogP contribution is -2.28. The number of rotatable bonds is 5. The van der Waals surface area contributed by atoms with Gasteiger partial charge >= 0.3 is 5.97 Å². The van der Waals surface area contributed by atoms with Crippen LogP contribution in [0, 0.1) is 18.7 Å². The number of benzene rings is 1.